The molecule has 1 heterocycles. The van der Waals surface area contributed by atoms with Gasteiger partial charge in [0.2, 0.25) is 0 Å². The van der Waals surface area contributed by atoms with Crippen molar-refractivity contribution < 1.29 is 9.90 Å². The van der Waals surface area contributed by atoms with Gasteiger partial charge in [0.15, 0.2) is 0 Å². The summed E-state index contributed by atoms with van der Waals surface area (Å²) in [5.74, 6) is -0.867. The summed E-state index contributed by atoms with van der Waals surface area (Å²) in [6, 6.07) is 10.2. The van der Waals surface area contributed by atoms with Gasteiger partial charge in [0.25, 0.3) is 0 Å². The van der Waals surface area contributed by atoms with Gasteiger partial charge in [-0.15, -0.1) is 0 Å². The van der Waals surface area contributed by atoms with E-state index in [4.69, 9.17) is 5.11 Å². The van der Waals surface area contributed by atoms with Gasteiger partial charge in [-0.2, -0.15) is 0 Å². The molecule has 0 aliphatic carbocycles. The number of hydrogen-bond donors (Lipinski definition) is 2. The molecular formula is C12H15NO2. The van der Waals surface area contributed by atoms with Gasteiger partial charge in [-0.3, -0.25) is 4.79 Å². The highest BCUT2D eigenvalue weighted by Gasteiger charge is 2.27. The number of rotatable bonds is 2. The summed E-state index contributed by atoms with van der Waals surface area (Å²) in [6.45, 7) is 0.788. The van der Waals surface area contributed by atoms with Crippen molar-refractivity contribution in [1.82, 2.24) is 5.32 Å². The Kier molecular flexibility index (Phi) is 3.02. The Balaban J connectivity index is 2.08. The third kappa shape index (κ3) is 2.36. The van der Waals surface area contributed by atoms with E-state index in [1.807, 2.05) is 30.3 Å². The topological polar surface area (TPSA) is 49.3 Å². The van der Waals surface area contributed by atoms with Crippen LogP contribution in [0.15, 0.2) is 30.3 Å². The molecular weight excluding hydrogens is 190 g/mol. The van der Waals surface area contributed by atoms with Gasteiger partial charge in [0.1, 0.15) is 0 Å². The lowest BCUT2D eigenvalue weighted by Crippen LogP contribution is -2.34. The van der Waals surface area contributed by atoms with E-state index in [0.717, 1.165) is 13.0 Å². The molecule has 1 aliphatic rings. The van der Waals surface area contributed by atoms with Crippen molar-refractivity contribution in [3.8, 4) is 0 Å². The van der Waals surface area contributed by atoms with E-state index in [-0.39, 0.29) is 12.0 Å². The maximum Gasteiger partial charge on any atom is 0.306 e. The van der Waals surface area contributed by atoms with Crippen LogP contribution in [-0.2, 0) is 4.79 Å². The number of carboxylic acids is 1. The zero-order chi connectivity index (χ0) is 10.7. The summed E-state index contributed by atoms with van der Waals surface area (Å²) in [5, 5.41) is 12.3. The summed E-state index contributed by atoms with van der Waals surface area (Å²) >= 11 is 0. The van der Waals surface area contributed by atoms with Crippen molar-refractivity contribution in [3.63, 3.8) is 0 Å². The Hall–Kier alpha value is -1.35. The summed E-state index contributed by atoms with van der Waals surface area (Å²) in [4.78, 5) is 10.9. The first-order chi connectivity index (χ1) is 7.27. The second kappa shape index (κ2) is 4.45. The minimum Gasteiger partial charge on any atom is -0.481 e. The predicted molar refractivity (Wildman–Crippen MR) is 57.5 cm³/mol. The minimum absolute atomic E-state index is 0.195. The van der Waals surface area contributed by atoms with E-state index < -0.39 is 5.97 Å². The lowest BCUT2D eigenvalue weighted by molar-refractivity contribution is -0.143. The maximum atomic E-state index is 10.9. The van der Waals surface area contributed by atoms with Crippen molar-refractivity contribution in [2.45, 2.75) is 18.9 Å². The molecule has 2 atom stereocenters. The summed E-state index contributed by atoms with van der Waals surface area (Å²) in [7, 11) is 0. The highest BCUT2D eigenvalue weighted by atomic mass is 16.4. The molecule has 2 N–H and O–H groups in total. The number of carbonyl (C=O) groups is 1. The van der Waals surface area contributed by atoms with Gasteiger partial charge in [-0.1, -0.05) is 30.3 Å². The molecule has 0 radical (unpaired) electrons. The molecule has 1 aromatic rings. The van der Waals surface area contributed by atoms with Gasteiger partial charge in [-0.05, 0) is 24.9 Å². The maximum absolute atomic E-state index is 10.9. The van der Waals surface area contributed by atoms with E-state index >= 15 is 0 Å². The molecule has 2 unspecified atom stereocenters. The average molecular weight is 205 g/mol. The van der Waals surface area contributed by atoms with Crippen molar-refractivity contribution in [2.24, 2.45) is 5.92 Å². The van der Waals surface area contributed by atoms with E-state index in [0.29, 0.717) is 6.42 Å². The van der Waals surface area contributed by atoms with Gasteiger partial charge in [0, 0.05) is 6.04 Å². The van der Waals surface area contributed by atoms with Gasteiger partial charge < -0.3 is 10.4 Å². The highest BCUT2D eigenvalue weighted by Crippen LogP contribution is 2.26. The van der Waals surface area contributed by atoms with Crippen LogP contribution in [0, 0.1) is 5.92 Å². The first kappa shape index (κ1) is 10.2. The van der Waals surface area contributed by atoms with Crippen molar-refractivity contribution >= 4 is 5.97 Å². The van der Waals surface area contributed by atoms with Crippen LogP contribution in [0.5, 0.6) is 0 Å². The Morgan fingerprint density at radius 1 is 1.33 bits per heavy atom. The smallest absolute Gasteiger partial charge is 0.306 e. The second-order valence-electron chi connectivity index (χ2n) is 3.98. The number of carboxylic acid groups (broad SMARTS) is 1. The second-order valence-corrected chi connectivity index (χ2v) is 3.98. The third-order valence-corrected chi connectivity index (χ3v) is 2.95. The molecule has 3 nitrogen and oxygen atoms in total. The molecule has 0 spiro atoms. The monoisotopic (exact) mass is 205 g/mol. The molecule has 1 aromatic carbocycles. The van der Waals surface area contributed by atoms with Crippen LogP contribution in [-0.4, -0.2) is 17.6 Å². The molecule has 0 bridgehead atoms. The Bertz CT molecular complexity index is 337. The van der Waals surface area contributed by atoms with E-state index in [1.54, 1.807) is 0 Å². The molecule has 2 rings (SSSR count). The molecule has 1 aliphatic heterocycles. The summed E-state index contributed by atoms with van der Waals surface area (Å²) in [6.07, 6.45) is 1.43. The molecule has 1 saturated heterocycles. The fraction of sp³-hybridized carbons (Fsp3) is 0.417. The SMILES string of the molecule is O=C(O)C1CCNC(c2ccccc2)C1. The highest BCUT2D eigenvalue weighted by molar-refractivity contribution is 5.70. The van der Waals surface area contributed by atoms with Gasteiger partial charge in [-0.25, -0.2) is 0 Å². The fourth-order valence-corrected chi connectivity index (χ4v) is 2.08. The van der Waals surface area contributed by atoms with Gasteiger partial charge >= 0.3 is 5.97 Å². The number of piperidine rings is 1. The van der Waals surface area contributed by atoms with Crippen LogP contribution in [0.4, 0.5) is 0 Å². The molecule has 0 amide bonds. The molecule has 80 valence electrons. The summed E-state index contributed by atoms with van der Waals surface area (Å²) < 4.78 is 0. The lowest BCUT2D eigenvalue weighted by Gasteiger charge is -2.28. The first-order valence-corrected chi connectivity index (χ1v) is 5.28. The van der Waals surface area contributed by atoms with E-state index in [2.05, 4.69) is 5.32 Å². The van der Waals surface area contributed by atoms with E-state index in [9.17, 15) is 4.79 Å². The van der Waals surface area contributed by atoms with Crippen molar-refractivity contribution in [1.29, 1.82) is 0 Å². The van der Waals surface area contributed by atoms with Crippen LogP contribution in [0.25, 0.3) is 0 Å². The van der Waals surface area contributed by atoms with Crippen LogP contribution in [0.1, 0.15) is 24.4 Å². The van der Waals surface area contributed by atoms with Crippen molar-refractivity contribution in [3.05, 3.63) is 35.9 Å². The minimum atomic E-state index is -0.669. The Labute approximate surface area is 89.1 Å². The third-order valence-electron chi connectivity index (χ3n) is 2.95. The number of hydrogen-bond acceptors (Lipinski definition) is 2. The van der Waals surface area contributed by atoms with Crippen LogP contribution < -0.4 is 5.32 Å². The average Bonchev–Trinajstić information content (AvgIpc) is 2.30. The number of aliphatic carboxylic acids is 1. The van der Waals surface area contributed by atoms with Crippen LogP contribution in [0.2, 0.25) is 0 Å². The molecule has 1 fully saturated rings. The number of benzene rings is 1. The molecule has 0 aromatic heterocycles. The Morgan fingerprint density at radius 2 is 2.07 bits per heavy atom. The first-order valence-electron chi connectivity index (χ1n) is 5.28. The van der Waals surface area contributed by atoms with E-state index in [1.165, 1.54) is 5.56 Å². The quantitative estimate of drug-likeness (QED) is 0.774. The molecule has 0 saturated carbocycles. The lowest BCUT2D eigenvalue weighted by atomic mass is 9.89. The zero-order valence-electron chi connectivity index (χ0n) is 8.52. The predicted octanol–water partition coefficient (Wildman–Crippen LogP) is 1.81. The largest absolute Gasteiger partial charge is 0.481 e. The van der Waals surface area contributed by atoms with Crippen LogP contribution >= 0.6 is 0 Å². The molecule has 15 heavy (non-hydrogen) atoms. The Morgan fingerprint density at radius 3 is 2.73 bits per heavy atom. The van der Waals surface area contributed by atoms with Crippen molar-refractivity contribution in [2.75, 3.05) is 6.54 Å². The number of nitrogens with one attached hydrogen (secondary N) is 1. The normalized spacial score (nSPS) is 26.1. The molecule has 3 heteroatoms. The van der Waals surface area contributed by atoms with Crippen LogP contribution in [0.3, 0.4) is 0 Å². The summed E-state index contributed by atoms with van der Waals surface area (Å²) in [5.41, 5.74) is 1.18. The standard InChI is InChI=1S/C12H15NO2/c14-12(15)10-6-7-13-11(8-10)9-4-2-1-3-5-9/h1-5,10-11,13H,6-8H2,(H,14,15). The zero-order valence-corrected chi connectivity index (χ0v) is 8.52. The fourth-order valence-electron chi connectivity index (χ4n) is 2.08. The van der Waals surface area contributed by atoms with Gasteiger partial charge in [0.05, 0.1) is 5.92 Å².